The smallest absolute Gasteiger partial charge is 0.270 e. The van der Waals surface area contributed by atoms with Gasteiger partial charge in [-0.25, -0.2) is 0 Å². The highest BCUT2D eigenvalue weighted by Crippen LogP contribution is 2.10. The molecule has 0 radical (unpaired) electrons. The molecule has 0 atom stereocenters. The molecule has 2 rings (SSSR count). The molecule has 0 spiro atoms. The molecule has 17 heavy (non-hydrogen) atoms. The van der Waals surface area contributed by atoms with Gasteiger partial charge in [0, 0.05) is 10.6 Å². The zero-order valence-electron chi connectivity index (χ0n) is 9.09. The van der Waals surface area contributed by atoms with Crippen molar-refractivity contribution in [1.82, 2.24) is 20.2 Å². The van der Waals surface area contributed by atoms with Gasteiger partial charge in [0.15, 0.2) is 0 Å². The first-order valence-electron chi connectivity index (χ1n) is 5.04. The summed E-state index contributed by atoms with van der Waals surface area (Å²) in [6, 6.07) is 6.55. The van der Waals surface area contributed by atoms with Crippen molar-refractivity contribution in [2.75, 3.05) is 5.32 Å². The summed E-state index contributed by atoms with van der Waals surface area (Å²) >= 11 is 5.73. The third-order valence-electron chi connectivity index (χ3n) is 2.07. The Bertz CT molecular complexity index is 522. The van der Waals surface area contributed by atoms with Gasteiger partial charge in [0.2, 0.25) is 0 Å². The molecule has 0 aliphatic heterocycles. The second kappa shape index (κ2) is 4.92. The molecule has 88 valence electrons. The third kappa shape index (κ3) is 2.79. The van der Waals surface area contributed by atoms with Gasteiger partial charge in [0.1, 0.15) is 0 Å². The van der Waals surface area contributed by atoms with E-state index >= 15 is 0 Å². The van der Waals surface area contributed by atoms with Crippen molar-refractivity contribution in [1.29, 1.82) is 0 Å². The van der Waals surface area contributed by atoms with Crippen LogP contribution in [0.4, 0.5) is 5.95 Å². The number of anilines is 1. The third-order valence-corrected chi connectivity index (χ3v) is 2.32. The van der Waals surface area contributed by atoms with Gasteiger partial charge in [-0.2, -0.15) is 4.80 Å². The Morgan fingerprint density at radius 3 is 2.71 bits per heavy atom. The Kier molecular flexibility index (Phi) is 3.34. The normalized spacial score (nSPS) is 10.2. The van der Waals surface area contributed by atoms with Crippen LogP contribution in [-0.2, 0) is 6.54 Å². The van der Waals surface area contributed by atoms with Gasteiger partial charge in [-0.15, -0.1) is 5.10 Å². The number of nitrogens with one attached hydrogen (secondary N) is 1. The van der Waals surface area contributed by atoms with E-state index in [-0.39, 0.29) is 11.9 Å². The van der Waals surface area contributed by atoms with E-state index < -0.39 is 0 Å². The highest BCUT2D eigenvalue weighted by Gasteiger charge is 2.09. The summed E-state index contributed by atoms with van der Waals surface area (Å²) in [5.41, 5.74) is 0.488. The van der Waals surface area contributed by atoms with Crippen LogP contribution in [0.3, 0.4) is 0 Å². The predicted octanol–water partition coefficient (Wildman–Crippen LogP) is 1.60. The molecule has 0 aliphatic carbocycles. The lowest BCUT2D eigenvalue weighted by atomic mass is 10.2. The molecule has 2 aromatic rings. The lowest BCUT2D eigenvalue weighted by Crippen LogP contribution is -2.13. The Labute approximate surface area is 103 Å². The summed E-state index contributed by atoms with van der Waals surface area (Å²) < 4.78 is 0. The van der Waals surface area contributed by atoms with E-state index in [1.54, 1.807) is 24.3 Å². The maximum absolute atomic E-state index is 11.8. The van der Waals surface area contributed by atoms with Gasteiger partial charge in [-0.05, 0) is 36.4 Å². The largest absolute Gasteiger partial charge is 0.288 e. The highest BCUT2D eigenvalue weighted by molar-refractivity contribution is 6.30. The molecule has 1 aromatic carbocycles. The van der Waals surface area contributed by atoms with Crippen LogP contribution in [0.5, 0.6) is 0 Å². The van der Waals surface area contributed by atoms with E-state index in [2.05, 4.69) is 20.7 Å². The second-order valence-corrected chi connectivity index (χ2v) is 3.70. The first kappa shape index (κ1) is 11.5. The van der Waals surface area contributed by atoms with Gasteiger partial charge >= 0.3 is 0 Å². The summed E-state index contributed by atoms with van der Waals surface area (Å²) in [6.07, 6.45) is 0. The Morgan fingerprint density at radius 2 is 2.12 bits per heavy atom. The van der Waals surface area contributed by atoms with Crippen LogP contribution in [0.15, 0.2) is 24.3 Å². The Morgan fingerprint density at radius 1 is 1.41 bits per heavy atom. The van der Waals surface area contributed by atoms with E-state index in [0.29, 0.717) is 17.1 Å². The molecule has 0 saturated heterocycles. The quantitative estimate of drug-likeness (QED) is 0.899. The number of amides is 1. The lowest BCUT2D eigenvalue weighted by Gasteiger charge is -2.00. The number of rotatable bonds is 3. The van der Waals surface area contributed by atoms with Gasteiger partial charge in [-0.3, -0.25) is 10.1 Å². The average molecular weight is 252 g/mol. The van der Waals surface area contributed by atoms with Crippen LogP contribution in [-0.4, -0.2) is 26.1 Å². The summed E-state index contributed by atoms with van der Waals surface area (Å²) in [6.45, 7) is 2.48. The van der Waals surface area contributed by atoms with Crippen molar-refractivity contribution in [3.05, 3.63) is 34.9 Å². The van der Waals surface area contributed by atoms with Gasteiger partial charge in [0.25, 0.3) is 11.9 Å². The maximum atomic E-state index is 11.8. The van der Waals surface area contributed by atoms with Crippen LogP contribution in [0.2, 0.25) is 5.02 Å². The monoisotopic (exact) mass is 251 g/mol. The second-order valence-electron chi connectivity index (χ2n) is 3.26. The van der Waals surface area contributed by atoms with Crippen LogP contribution < -0.4 is 5.32 Å². The number of carbonyl (C=O) groups excluding carboxylic acids is 1. The van der Waals surface area contributed by atoms with Crippen LogP contribution in [0.1, 0.15) is 17.3 Å². The first-order valence-corrected chi connectivity index (χ1v) is 5.41. The molecule has 6 nitrogen and oxygen atoms in total. The van der Waals surface area contributed by atoms with Gasteiger partial charge in [0.05, 0.1) is 6.54 Å². The summed E-state index contributed by atoms with van der Waals surface area (Å²) in [5.74, 6) is -0.107. The van der Waals surface area contributed by atoms with E-state index in [1.165, 1.54) is 4.80 Å². The number of hydrogen-bond donors (Lipinski definition) is 1. The SMILES string of the molecule is CCn1nnc(NC(=O)c2ccc(Cl)cc2)n1. The first-order chi connectivity index (χ1) is 8.19. The number of aromatic nitrogens is 4. The molecule has 1 N–H and O–H groups in total. The molecule has 0 fully saturated rings. The minimum Gasteiger partial charge on any atom is -0.288 e. The fourth-order valence-electron chi connectivity index (χ4n) is 1.20. The minimum absolute atomic E-state index is 0.187. The van der Waals surface area contributed by atoms with Crippen molar-refractivity contribution in [3.63, 3.8) is 0 Å². The highest BCUT2D eigenvalue weighted by atomic mass is 35.5. The Hall–Kier alpha value is -1.95. The van der Waals surface area contributed by atoms with Crippen molar-refractivity contribution in [2.45, 2.75) is 13.5 Å². The van der Waals surface area contributed by atoms with E-state index in [1.807, 2.05) is 6.92 Å². The molecule has 7 heteroatoms. The number of nitrogens with zero attached hydrogens (tertiary/aromatic N) is 4. The number of tetrazole rings is 1. The lowest BCUT2D eigenvalue weighted by molar-refractivity contribution is 0.102. The molecule has 1 aromatic heterocycles. The zero-order valence-corrected chi connectivity index (χ0v) is 9.85. The van der Waals surface area contributed by atoms with Crippen LogP contribution >= 0.6 is 11.6 Å². The van der Waals surface area contributed by atoms with E-state index in [9.17, 15) is 4.79 Å². The summed E-state index contributed by atoms with van der Waals surface area (Å²) in [5, 5.41) is 14.5. The zero-order chi connectivity index (χ0) is 12.3. The fraction of sp³-hybridized carbons (Fsp3) is 0.200. The van der Waals surface area contributed by atoms with Crippen molar-refractivity contribution < 1.29 is 4.79 Å². The summed E-state index contributed by atoms with van der Waals surface area (Å²) in [4.78, 5) is 13.1. The van der Waals surface area contributed by atoms with Crippen molar-refractivity contribution in [3.8, 4) is 0 Å². The van der Waals surface area contributed by atoms with E-state index in [4.69, 9.17) is 11.6 Å². The van der Waals surface area contributed by atoms with Crippen LogP contribution in [0, 0.1) is 0 Å². The number of carbonyl (C=O) groups is 1. The molecule has 1 amide bonds. The molecular formula is C10H10ClN5O. The fourth-order valence-corrected chi connectivity index (χ4v) is 1.33. The van der Waals surface area contributed by atoms with Crippen LogP contribution in [0.25, 0.3) is 0 Å². The van der Waals surface area contributed by atoms with Crippen molar-refractivity contribution in [2.24, 2.45) is 0 Å². The Balaban J connectivity index is 2.08. The molecule has 0 unspecified atom stereocenters. The number of hydrogen-bond acceptors (Lipinski definition) is 4. The predicted molar refractivity (Wildman–Crippen MR) is 62.9 cm³/mol. The minimum atomic E-state index is -0.294. The summed E-state index contributed by atoms with van der Waals surface area (Å²) in [7, 11) is 0. The van der Waals surface area contributed by atoms with Gasteiger partial charge in [-0.1, -0.05) is 16.7 Å². The number of benzene rings is 1. The molecule has 0 saturated carbocycles. The van der Waals surface area contributed by atoms with Gasteiger partial charge < -0.3 is 0 Å². The average Bonchev–Trinajstić information content (AvgIpc) is 2.77. The molecule has 1 heterocycles. The molecular weight excluding hydrogens is 242 g/mol. The molecule has 0 bridgehead atoms. The standard InChI is InChI=1S/C10H10ClN5O/c1-2-16-14-10(13-15-16)12-9(17)7-3-5-8(11)6-4-7/h3-6H,2H2,1H3,(H,12,14,17). The van der Waals surface area contributed by atoms with E-state index in [0.717, 1.165) is 0 Å². The number of halogens is 1. The molecule has 0 aliphatic rings. The van der Waals surface area contributed by atoms with Crippen molar-refractivity contribution >= 4 is 23.5 Å². The number of aryl methyl sites for hydroxylation is 1. The maximum Gasteiger partial charge on any atom is 0.270 e. The topological polar surface area (TPSA) is 72.7 Å².